The van der Waals surface area contributed by atoms with Gasteiger partial charge in [0.15, 0.2) is 5.82 Å². The van der Waals surface area contributed by atoms with Gasteiger partial charge < -0.3 is 14.9 Å². The van der Waals surface area contributed by atoms with Crippen molar-refractivity contribution in [3.63, 3.8) is 0 Å². The minimum absolute atomic E-state index is 0.458. The molecular formula is C21H20N4O2S. The number of nitrogens with zero attached hydrogens (tertiary/aromatic N) is 2. The Morgan fingerprint density at radius 3 is 2.54 bits per heavy atom. The average molecular weight is 392 g/mol. The van der Waals surface area contributed by atoms with Gasteiger partial charge in [0.05, 0.1) is 12.6 Å². The van der Waals surface area contributed by atoms with Gasteiger partial charge in [-0.1, -0.05) is 54.6 Å². The van der Waals surface area contributed by atoms with Crippen LogP contribution in [0.1, 0.15) is 24.4 Å². The summed E-state index contributed by atoms with van der Waals surface area (Å²) in [5.41, 5.74) is 6.05. The molecule has 6 nitrogen and oxygen atoms in total. The summed E-state index contributed by atoms with van der Waals surface area (Å²) in [5, 5.41) is 16.8. The molecule has 0 unspecified atom stereocenters. The van der Waals surface area contributed by atoms with Crippen molar-refractivity contribution in [3.8, 4) is 22.7 Å². The Balaban J connectivity index is 1.50. The van der Waals surface area contributed by atoms with Gasteiger partial charge in [0.1, 0.15) is 11.5 Å². The van der Waals surface area contributed by atoms with Crippen LogP contribution in [0.25, 0.3) is 22.7 Å². The number of H-pyrrole nitrogens is 1. The molecule has 3 N–H and O–H groups in total. The van der Waals surface area contributed by atoms with Crippen molar-refractivity contribution in [2.24, 2.45) is 0 Å². The standard InChI is InChI=1S/C21H20N4O2S/c1-14(26)15-7-9-16(10-8-15)19-12-11-18(27-19)13-22-25-20(23-24-21(25)28)17-5-3-2-4-6-17/h2-12,14,22,26H,13H2,1H3,(H,24,28)/t14-/m1/s1. The monoisotopic (exact) mass is 392 g/mol. The number of furan rings is 1. The molecule has 28 heavy (non-hydrogen) atoms. The van der Waals surface area contributed by atoms with Crippen molar-refractivity contribution in [2.75, 3.05) is 5.43 Å². The number of aliphatic hydroxyl groups is 1. The van der Waals surface area contributed by atoms with E-state index >= 15 is 0 Å². The fourth-order valence-corrected chi connectivity index (χ4v) is 3.13. The molecule has 0 bridgehead atoms. The number of rotatable bonds is 6. The molecule has 0 aliphatic rings. The van der Waals surface area contributed by atoms with Gasteiger partial charge in [-0.3, -0.25) is 0 Å². The molecule has 0 saturated heterocycles. The molecule has 4 aromatic rings. The van der Waals surface area contributed by atoms with Gasteiger partial charge in [-0.15, -0.1) is 0 Å². The van der Waals surface area contributed by atoms with E-state index in [-0.39, 0.29) is 0 Å². The normalized spacial score (nSPS) is 12.1. The quantitative estimate of drug-likeness (QED) is 0.416. The fraction of sp³-hybridized carbons (Fsp3) is 0.143. The van der Waals surface area contributed by atoms with Crippen molar-refractivity contribution in [1.29, 1.82) is 0 Å². The summed E-state index contributed by atoms with van der Waals surface area (Å²) in [4.78, 5) is 0. The van der Waals surface area contributed by atoms with E-state index in [1.807, 2.05) is 66.7 Å². The molecule has 7 heteroatoms. The second-order valence-corrected chi connectivity index (χ2v) is 6.84. The largest absolute Gasteiger partial charge is 0.459 e. The number of aliphatic hydroxyl groups excluding tert-OH is 1. The first-order valence-corrected chi connectivity index (χ1v) is 9.36. The molecule has 0 spiro atoms. The summed E-state index contributed by atoms with van der Waals surface area (Å²) in [6, 6.07) is 21.4. The SMILES string of the molecule is C[C@@H](O)c1ccc(-c2ccc(CNn3c(-c4ccccc4)n[nH]c3=S)o2)cc1. The molecule has 4 rings (SSSR count). The van der Waals surface area contributed by atoms with Crippen molar-refractivity contribution in [2.45, 2.75) is 19.6 Å². The highest BCUT2D eigenvalue weighted by molar-refractivity contribution is 7.71. The van der Waals surface area contributed by atoms with Gasteiger partial charge in [0, 0.05) is 11.1 Å². The van der Waals surface area contributed by atoms with Crippen LogP contribution in [0.4, 0.5) is 0 Å². The van der Waals surface area contributed by atoms with Gasteiger partial charge in [0.2, 0.25) is 4.77 Å². The van der Waals surface area contributed by atoms with Crippen molar-refractivity contribution in [1.82, 2.24) is 14.9 Å². The van der Waals surface area contributed by atoms with Crippen LogP contribution < -0.4 is 5.43 Å². The van der Waals surface area contributed by atoms with Crippen LogP contribution >= 0.6 is 12.2 Å². The summed E-state index contributed by atoms with van der Waals surface area (Å²) in [7, 11) is 0. The Hall–Kier alpha value is -3.16. The lowest BCUT2D eigenvalue weighted by Gasteiger charge is -2.08. The topological polar surface area (TPSA) is 79.0 Å². The minimum Gasteiger partial charge on any atom is -0.459 e. The lowest BCUT2D eigenvalue weighted by atomic mass is 10.1. The van der Waals surface area contributed by atoms with Gasteiger partial charge in [-0.05, 0) is 36.8 Å². The van der Waals surface area contributed by atoms with Gasteiger partial charge in [0.25, 0.3) is 0 Å². The molecule has 0 fully saturated rings. The second-order valence-electron chi connectivity index (χ2n) is 6.45. The number of nitrogens with one attached hydrogen (secondary N) is 2. The zero-order chi connectivity index (χ0) is 19.5. The predicted molar refractivity (Wildman–Crippen MR) is 111 cm³/mol. The van der Waals surface area contributed by atoms with Gasteiger partial charge in [-0.2, -0.15) is 5.10 Å². The molecule has 0 aliphatic heterocycles. The molecule has 0 amide bonds. The van der Waals surface area contributed by atoms with Crippen LogP contribution in [0.15, 0.2) is 71.1 Å². The van der Waals surface area contributed by atoms with Crippen LogP contribution in [0.2, 0.25) is 0 Å². The van der Waals surface area contributed by atoms with Crippen molar-refractivity contribution >= 4 is 12.2 Å². The highest BCUT2D eigenvalue weighted by Gasteiger charge is 2.10. The number of hydrogen-bond acceptors (Lipinski definition) is 5. The third-order valence-corrected chi connectivity index (χ3v) is 4.73. The molecule has 0 radical (unpaired) electrons. The molecule has 142 valence electrons. The Morgan fingerprint density at radius 2 is 1.82 bits per heavy atom. The Kier molecular flexibility index (Phi) is 5.10. The van der Waals surface area contributed by atoms with E-state index in [0.29, 0.717) is 17.1 Å². The molecule has 0 saturated carbocycles. The van der Waals surface area contributed by atoms with E-state index in [1.54, 1.807) is 11.6 Å². The maximum absolute atomic E-state index is 9.63. The van der Waals surface area contributed by atoms with E-state index in [2.05, 4.69) is 15.6 Å². The number of aromatic nitrogens is 3. The molecule has 0 aliphatic carbocycles. The molecular weight excluding hydrogens is 372 g/mol. The Morgan fingerprint density at radius 1 is 1.07 bits per heavy atom. The maximum atomic E-state index is 9.63. The zero-order valence-corrected chi connectivity index (χ0v) is 16.1. The fourth-order valence-electron chi connectivity index (χ4n) is 2.94. The molecule has 1 atom stereocenters. The minimum atomic E-state index is -0.483. The van der Waals surface area contributed by atoms with Gasteiger partial charge in [-0.25, -0.2) is 9.77 Å². The summed E-state index contributed by atoms with van der Waals surface area (Å²) in [6.45, 7) is 2.20. The van der Waals surface area contributed by atoms with E-state index in [1.165, 1.54) is 0 Å². The summed E-state index contributed by atoms with van der Waals surface area (Å²) in [6.07, 6.45) is -0.483. The van der Waals surface area contributed by atoms with Crippen LogP contribution in [-0.4, -0.2) is 20.0 Å². The van der Waals surface area contributed by atoms with E-state index in [4.69, 9.17) is 16.6 Å². The van der Waals surface area contributed by atoms with Crippen LogP contribution in [0, 0.1) is 4.77 Å². The van der Waals surface area contributed by atoms with E-state index in [9.17, 15) is 5.11 Å². The Bertz CT molecular complexity index is 1110. The van der Waals surface area contributed by atoms with Crippen LogP contribution in [0.3, 0.4) is 0 Å². The molecule has 2 aromatic carbocycles. The lowest BCUT2D eigenvalue weighted by Crippen LogP contribution is -2.15. The van der Waals surface area contributed by atoms with Crippen LogP contribution in [0.5, 0.6) is 0 Å². The molecule has 2 aromatic heterocycles. The first kappa shape index (κ1) is 18.2. The summed E-state index contributed by atoms with van der Waals surface area (Å²) < 4.78 is 8.18. The number of aromatic amines is 1. The van der Waals surface area contributed by atoms with E-state index in [0.717, 1.165) is 28.2 Å². The third-order valence-electron chi connectivity index (χ3n) is 4.45. The predicted octanol–water partition coefficient (Wildman–Crippen LogP) is 4.66. The maximum Gasteiger partial charge on any atom is 0.214 e. The second kappa shape index (κ2) is 7.84. The smallest absolute Gasteiger partial charge is 0.214 e. The first-order chi connectivity index (χ1) is 13.6. The molecule has 2 heterocycles. The zero-order valence-electron chi connectivity index (χ0n) is 15.3. The van der Waals surface area contributed by atoms with E-state index < -0.39 is 6.10 Å². The Labute approximate surface area is 167 Å². The third kappa shape index (κ3) is 3.76. The average Bonchev–Trinajstić information content (AvgIpc) is 3.34. The van der Waals surface area contributed by atoms with Crippen molar-refractivity contribution < 1.29 is 9.52 Å². The number of hydrogen-bond donors (Lipinski definition) is 3. The first-order valence-electron chi connectivity index (χ1n) is 8.95. The summed E-state index contributed by atoms with van der Waals surface area (Å²) in [5.74, 6) is 2.26. The van der Waals surface area contributed by atoms with Gasteiger partial charge >= 0.3 is 0 Å². The lowest BCUT2D eigenvalue weighted by molar-refractivity contribution is 0.199. The summed E-state index contributed by atoms with van der Waals surface area (Å²) >= 11 is 5.33. The van der Waals surface area contributed by atoms with Crippen LogP contribution in [-0.2, 0) is 6.54 Å². The highest BCUT2D eigenvalue weighted by atomic mass is 32.1. The number of benzene rings is 2. The van der Waals surface area contributed by atoms with Crippen molar-refractivity contribution in [3.05, 3.63) is 82.8 Å². The highest BCUT2D eigenvalue weighted by Crippen LogP contribution is 2.24.